The van der Waals surface area contributed by atoms with E-state index in [9.17, 15) is 4.79 Å². The van der Waals surface area contributed by atoms with Gasteiger partial charge in [0, 0.05) is 6.04 Å². The molecule has 0 radical (unpaired) electrons. The maximum Gasteiger partial charge on any atom is 0.349 e. The fourth-order valence-electron chi connectivity index (χ4n) is 1.47. The molecule has 0 N–H and O–H groups in total. The Balaban J connectivity index is 2.37. The molecule has 0 atom stereocenters. The zero-order valence-electron chi connectivity index (χ0n) is 9.88. The largest absolute Gasteiger partial charge is 0.465 e. The Hall–Kier alpha value is -1.69. The fourth-order valence-corrected chi connectivity index (χ4v) is 2.32. The highest BCUT2D eigenvalue weighted by molar-refractivity contribution is 7.16. The fraction of sp³-hybridized carbons (Fsp3) is 0.364. The normalized spacial score (nSPS) is 10.8. The van der Waals surface area contributed by atoms with Crippen LogP contribution in [0.2, 0.25) is 0 Å². The minimum Gasteiger partial charge on any atom is -0.465 e. The van der Waals surface area contributed by atoms with Gasteiger partial charge < -0.3 is 9.30 Å². The molecule has 0 amide bonds. The summed E-state index contributed by atoms with van der Waals surface area (Å²) in [5, 5.41) is 0.775. The molecule has 0 bridgehead atoms. The molecule has 0 spiro atoms. The number of carbonyl (C=O) groups excluding carboxylic acids is 1. The van der Waals surface area contributed by atoms with Crippen molar-refractivity contribution in [2.45, 2.75) is 19.9 Å². The average Bonchev–Trinajstić information content (AvgIpc) is 2.95. The minimum absolute atomic E-state index is 0.304. The van der Waals surface area contributed by atoms with Crippen LogP contribution in [-0.2, 0) is 4.74 Å². The summed E-state index contributed by atoms with van der Waals surface area (Å²) in [5.74, 6) is -0.357. The van der Waals surface area contributed by atoms with E-state index in [1.807, 2.05) is 4.57 Å². The van der Waals surface area contributed by atoms with E-state index >= 15 is 0 Å². The molecule has 2 aromatic heterocycles. The van der Waals surface area contributed by atoms with Gasteiger partial charge in [-0.2, -0.15) is 0 Å². The maximum absolute atomic E-state index is 11.3. The summed E-state index contributed by atoms with van der Waals surface area (Å²) >= 11 is 1.31. The van der Waals surface area contributed by atoms with Gasteiger partial charge in [0.2, 0.25) is 0 Å². The quantitative estimate of drug-likeness (QED) is 0.786. The molecule has 17 heavy (non-hydrogen) atoms. The number of thiazole rings is 1. The van der Waals surface area contributed by atoms with Gasteiger partial charge >= 0.3 is 5.97 Å². The summed E-state index contributed by atoms with van der Waals surface area (Å²) in [4.78, 5) is 20.2. The van der Waals surface area contributed by atoms with Crippen molar-refractivity contribution in [2.75, 3.05) is 7.11 Å². The van der Waals surface area contributed by atoms with Crippen molar-refractivity contribution in [1.29, 1.82) is 0 Å². The molecule has 0 fully saturated rings. The second-order valence-corrected chi connectivity index (χ2v) is 4.83. The van der Waals surface area contributed by atoms with Gasteiger partial charge in [0.05, 0.1) is 31.5 Å². The smallest absolute Gasteiger partial charge is 0.349 e. The highest BCUT2D eigenvalue weighted by Crippen LogP contribution is 2.27. The van der Waals surface area contributed by atoms with Crippen LogP contribution in [-0.4, -0.2) is 27.6 Å². The molecule has 2 aromatic rings. The van der Waals surface area contributed by atoms with Gasteiger partial charge in [-0.3, -0.25) is 0 Å². The third-order valence-corrected chi connectivity index (χ3v) is 3.33. The van der Waals surface area contributed by atoms with Gasteiger partial charge in [-0.1, -0.05) is 0 Å². The van der Waals surface area contributed by atoms with Crippen LogP contribution in [0, 0.1) is 0 Å². The summed E-state index contributed by atoms with van der Waals surface area (Å²) in [6.07, 6.45) is 5.04. The topological polar surface area (TPSA) is 57.0 Å². The van der Waals surface area contributed by atoms with Crippen LogP contribution < -0.4 is 0 Å². The minimum atomic E-state index is -0.357. The molecule has 0 aliphatic carbocycles. The van der Waals surface area contributed by atoms with Crippen LogP contribution in [0.25, 0.3) is 10.7 Å². The number of rotatable bonds is 3. The van der Waals surface area contributed by atoms with E-state index in [0.717, 1.165) is 10.7 Å². The van der Waals surface area contributed by atoms with Crippen LogP contribution in [0.15, 0.2) is 18.7 Å². The Morgan fingerprint density at radius 1 is 1.47 bits per heavy atom. The van der Waals surface area contributed by atoms with Crippen molar-refractivity contribution >= 4 is 17.3 Å². The Bertz CT molecular complexity index is 530. The van der Waals surface area contributed by atoms with Crippen LogP contribution in [0.3, 0.4) is 0 Å². The Morgan fingerprint density at radius 2 is 2.24 bits per heavy atom. The van der Waals surface area contributed by atoms with E-state index < -0.39 is 0 Å². The summed E-state index contributed by atoms with van der Waals surface area (Å²) in [6.45, 7) is 4.14. The summed E-state index contributed by atoms with van der Waals surface area (Å²) in [5.41, 5.74) is 0.917. The van der Waals surface area contributed by atoms with Crippen molar-refractivity contribution in [2.24, 2.45) is 0 Å². The monoisotopic (exact) mass is 251 g/mol. The van der Waals surface area contributed by atoms with Crippen molar-refractivity contribution in [3.8, 4) is 10.7 Å². The number of aromatic nitrogens is 3. The first-order valence-corrected chi connectivity index (χ1v) is 6.01. The Labute approximate surface area is 103 Å². The molecule has 5 nitrogen and oxygen atoms in total. The molecule has 6 heteroatoms. The summed E-state index contributed by atoms with van der Waals surface area (Å²) in [7, 11) is 1.36. The molecular weight excluding hydrogens is 238 g/mol. The van der Waals surface area contributed by atoms with E-state index in [2.05, 4.69) is 28.6 Å². The number of hydrogen-bond donors (Lipinski definition) is 0. The molecule has 90 valence electrons. The van der Waals surface area contributed by atoms with Crippen LogP contribution >= 0.6 is 11.3 Å². The number of esters is 1. The van der Waals surface area contributed by atoms with Crippen LogP contribution in [0.4, 0.5) is 0 Å². The van der Waals surface area contributed by atoms with E-state index in [1.54, 1.807) is 12.5 Å². The summed E-state index contributed by atoms with van der Waals surface area (Å²) in [6, 6.07) is 0.304. The second kappa shape index (κ2) is 4.67. The summed E-state index contributed by atoms with van der Waals surface area (Å²) < 4.78 is 6.67. The lowest BCUT2D eigenvalue weighted by Crippen LogP contribution is -2.00. The Kier molecular flexibility index (Phi) is 3.23. The molecule has 0 aliphatic rings. The molecule has 0 saturated carbocycles. The number of imidazole rings is 1. The van der Waals surface area contributed by atoms with Crippen LogP contribution in [0.1, 0.15) is 29.6 Å². The molecular formula is C11H13N3O2S. The van der Waals surface area contributed by atoms with Crippen molar-refractivity contribution in [1.82, 2.24) is 14.5 Å². The van der Waals surface area contributed by atoms with E-state index in [1.165, 1.54) is 24.6 Å². The van der Waals surface area contributed by atoms with Crippen LogP contribution in [0.5, 0.6) is 0 Å². The van der Waals surface area contributed by atoms with Gasteiger partial charge in [0.1, 0.15) is 9.88 Å². The predicted octanol–water partition coefficient (Wildman–Crippen LogP) is 2.37. The molecule has 0 unspecified atom stereocenters. The number of methoxy groups -OCH3 is 1. The van der Waals surface area contributed by atoms with Gasteiger partial charge in [-0.05, 0) is 13.8 Å². The first-order chi connectivity index (χ1) is 8.13. The third kappa shape index (κ3) is 2.21. The lowest BCUT2D eigenvalue weighted by atomic mass is 10.3. The highest BCUT2D eigenvalue weighted by atomic mass is 32.1. The number of nitrogens with zero attached hydrogens (tertiary/aromatic N) is 3. The lowest BCUT2D eigenvalue weighted by Gasteiger charge is -2.09. The molecule has 2 heterocycles. The first kappa shape index (κ1) is 11.8. The van der Waals surface area contributed by atoms with Crippen molar-refractivity contribution in [3.63, 3.8) is 0 Å². The van der Waals surface area contributed by atoms with E-state index in [4.69, 9.17) is 0 Å². The zero-order valence-corrected chi connectivity index (χ0v) is 10.7. The number of hydrogen-bond acceptors (Lipinski definition) is 5. The van der Waals surface area contributed by atoms with E-state index in [0.29, 0.717) is 10.9 Å². The number of ether oxygens (including phenoxy) is 1. The Morgan fingerprint density at radius 3 is 2.88 bits per heavy atom. The standard InChI is InChI=1S/C11H13N3O2S/c1-7(2)14-6-12-4-8(14)10-13-5-9(17-10)11(15)16-3/h4-7H,1-3H3. The molecule has 0 aromatic carbocycles. The van der Waals surface area contributed by atoms with Crippen molar-refractivity contribution in [3.05, 3.63) is 23.6 Å². The average molecular weight is 251 g/mol. The number of carbonyl (C=O) groups is 1. The van der Waals surface area contributed by atoms with Gasteiger partial charge in [0.25, 0.3) is 0 Å². The lowest BCUT2D eigenvalue weighted by molar-refractivity contribution is 0.0606. The predicted molar refractivity (Wildman–Crippen MR) is 65.1 cm³/mol. The van der Waals surface area contributed by atoms with Gasteiger partial charge in [-0.15, -0.1) is 11.3 Å². The van der Waals surface area contributed by atoms with Crippen molar-refractivity contribution < 1.29 is 9.53 Å². The second-order valence-electron chi connectivity index (χ2n) is 3.80. The first-order valence-electron chi connectivity index (χ1n) is 5.20. The third-order valence-electron chi connectivity index (χ3n) is 2.33. The van der Waals surface area contributed by atoms with Gasteiger partial charge in [0.15, 0.2) is 0 Å². The van der Waals surface area contributed by atoms with Gasteiger partial charge in [-0.25, -0.2) is 14.8 Å². The SMILES string of the molecule is COC(=O)c1cnc(-c2cncn2C(C)C)s1. The highest BCUT2D eigenvalue weighted by Gasteiger charge is 2.15. The maximum atomic E-state index is 11.3. The van der Waals surface area contributed by atoms with E-state index in [-0.39, 0.29) is 5.97 Å². The molecule has 0 saturated heterocycles. The molecule has 2 rings (SSSR count). The molecule has 0 aliphatic heterocycles. The zero-order chi connectivity index (χ0) is 12.4.